The molecule has 0 aromatic heterocycles. The monoisotopic (exact) mass is 384 g/mol. The summed E-state index contributed by atoms with van der Waals surface area (Å²) in [5.74, 6) is -1.81. The van der Waals surface area contributed by atoms with Crippen molar-refractivity contribution < 1.29 is 13.6 Å². The fourth-order valence-electron chi connectivity index (χ4n) is 3.39. The van der Waals surface area contributed by atoms with Gasteiger partial charge in [0.05, 0.1) is 11.6 Å². The maximum atomic E-state index is 13.9. The molecule has 2 aromatic rings. The number of nitrogens with zero attached hydrogens (tertiary/aromatic N) is 2. The van der Waals surface area contributed by atoms with Crippen LogP contribution in [-0.2, 0) is 17.9 Å². The van der Waals surface area contributed by atoms with E-state index in [1.165, 1.54) is 0 Å². The molecule has 0 atom stereocenters. The summed E-state index contributed by atoms with van der Waals surface area (Å²) >= 11 is 0. The topological polar surface area (TPSA) is 82.2 Å². The van der Waals surface area contributed by atoms with E-state index >= 15 is 0 Å². The Bertz CT molecular complexity index is 861. The van der Waals surface area contributed by atoms with Crippen LogP contribution >= 0.6 is 0 Å². The number of piperidine rings is 1. The number of nitriles is 1. The van der Waals surface area contributed by atoms with E-state index in [0.29, 0.717) is 0 Å². The van der Waals surface area contributed by atoms with Crippen molar-refractivity contribution in [3.8, 4) is 6.07 Å². The summed E-state index contributed by atoms with van der Waals surface area (Å²) in [6.45, 7) is 2.74. The number of hydrogen-bond donors (Lipinski definition) is 2. The molecular weight excluding hydrogens is 362 g/mol. The largest absolute Gasteiger partial charge is 0.376 e. The quantitative estimate of drug-likeness (QED) is 0.802. The third kappa shape index (κ3) is 4.84. The molecule has 0 saturated carbocycles. The lowest BCUT2D eigenvalue weighted by Gasteiger charge is -2.30. The molecule has 146 valence electrons. The minimum atomic E-state index is -0.785. The van der Waals surface area contributed by atoms with Gasteiger partial charge in [-0.3, -0.25) is 9.69 Å². The zero-order chi connectivity index (χ0) is 20.1. The van der Waals surface area contributed by atoms with Gasteiger partial charge in [0.2, 0.25) is 5.91 Å². The van der Waals surface area contributed by atoms with Crippen LogP contribution in [0.3, 0.4) is 0 Å². The number of benzene rings is 2. The summed E-state index contributed by atoms with van der Waals surface area (Å²) < 4.78 is 27.8. The van der Waals surface area contributed by atoms with Crippen molar-refractivity contribution in [2.45, 2.75) is 25.9 Å². The molecule has 28 heavy (non-hydrogen) atoms. The Kier molecular flexibility index (Phi) is 6.22. The Balaban J connectivity index is 1.54. The summed E-state index contributed by atoms with van der Waals surface area (Å²) in [6, 6.07) is 11.5. The molecule has 1 aliphatic rings. The van der Waals surface area contributed by atoms with E-state index in [0.717, 1.165) is 55.7 Å². The molecule has 1 heterocycles. The Morgan fingerprint density at radius 3 is 2.25 bits per heavy atom. The molecule has 5 nitrogen and oxygen atoms in total. The van der Waals surface area contributed by atoms with Crippen LogP contribution in [0.25, 0.3) is 0 Å². The second-order valence-corrected chi connectivity index (χ2v) is 7.05. The molecule has 0 spiro atoms. The predicted molar refractivity (Wildman–Crippen MR) is 102 cm³/mol. The molecule has 3 N–H and O–H groups in total. The number of primary amides is 1. The molecule has 1 aliphatic heterocycles. The van der Waals surface area contributed by atoms with Crippen LogP contribution in [0.5, 0.6) is 0 Å². The van der Waals surface area contributed by atoms with E-state index < -0.39 is 11.6 Å². The highest BCUT2D eigenvalue weighted by atomic mass is 19.1. The summed E-state index contributed by atoms with van der Waals surface area (Å²) in [5.41, 5.74) is 7.10. The van der Waals surface area contributed by atoms with Crippen LogP contribution in [0.2, 0.25) is 0 Å². The van der Waals surface area contributed by atoms with E-state index in [1.807, 2.05) is 24.3 Å². The van der Waals surface area contributed by atoms with E-state index in [4.69, 9.17) is 11.0 Å². The molecule has 3 rings (SSSR count). The van der Waals surface area contributed by atoms with Gasteiger partial charge in [0.25, 0.3) is 0 Å². The average Bonchev–Trinajstić information content (AvgIpc) is 2.68. The van der Waals surface area contributed by atoms with Gasteiger partial charge in [-0.25, -0.2) is 8.78 Å². The van der Waals surface area contributed by atoms with Crippen molar-refractivity contribution in [1.82, 2.24) is 4.90 Å². The molecule has 1 fully saturated rings. The lowest BCUT2D eigenvalue weighted by atomic mass is 9.96. The fourth-order valence-corrected chi connectivity index (χ4v) is 3.39. The minimum Gasteiger partial charge on any atom is -0.376 e. The number of nitrogens with one attached hydrogen (secondary N) is 1. The number of hydrogen-bond acceptors (Lipinski definition) is 4. The Morgan fingerprint density at radius 1 is 1.14 bits per heavy atom. The van der Waals surface area contributed by atoms with E-state index in [-0.39, 0.29) is 29.6 Å². The van der Waals surface area contributed by atoms with Crippen molar-refractivity contribution in [2.75, 3.05) is 18.4 Å². The lowest BCUT2D eigenvalue weighted by molar-refractivity contribution is -0.123. The Hall–Kier alpha value is -2.98. The van der Waals surface area contributed by atoms with Crippen molar-refractivity contribution in [2.24, 2.45) is 11.7 Å². The second kappa shape index (κ2) is 8.81. The first kappa shape index (κ1) is 19.8. The molecule has 1 saturated heterocycles. The summed E-state index contributed by atoms with van der Waals surface area (Å²) in [7, 11) is 0. The third-order valence-electron chi connectivity index (χ3n) is 5.06. The highest BCUT2D eigenvalue weighted by Crippen LogP contribution is 2.22. The summed E-state index contributed by atoms with van der Waals surface area (Å²) in [5, 5.41) is 11.5. The zero-order valence-electron chi connectivity index (χ0n) is 15.4. The maximum Gasteiger partial charge on any atom is 0.220 e. The van der Waals surface area contributed by atoms with Gasteiger partial charge in [0, 0.05) is 19.0 Å². The van der Waals surface area contributed by atoms with Gasteiger partial charge < -0.3 is 11.1 Å². The van der Waals surface area contributed by atoms with Gasteiger partial charge in [0.1, 0.15) is 5.69 Å². The second-order valence-electron chi connectivity index (χ2n) is 7.05. The summed E-state index contributed by atoms with van der Waals surface area (Å²) in [6.07, 6.45) is 1.58. The minimum absolute atomic E-state index is 0.0206. The summed E-state index contributed by atoms with van der Waals surface area (Å²) in [4.78, 5) is 13.5. The molecule has 0 unspecified atom stereocenters. The SMILES string of the molecule is N#Cc1cc(F)c(NCc2ccc(CN3CCC(C(N)=O)CC3)cc2)c(F)c1. The van der Waals surface area contributed by atoms with E-state index in [9.17, 15) is 13.6 Å². The number of nitrogens with two attached hydrogens (primary N) is 1. The van der Waals surface area contributed by atoms with Gasteiger partial charge in [-0.2, -0.15) is 5.26 Å². The van der Waals surface area contributed by atoms with Crippen LogP contribution in [0.15, 0.2) is 36.4 Å². The van der Waals surface area contributed by atoms with Crippen LogP contribution in [0.1, 0.15) is 29.5 Å². The van der Waals surface area contributed by atoms with Crippen molar-refractivity contribution in [3.05, 3.63) is 64.7 Å². The van der Waals surface area contributed by atoms with E-state index in [1.54, 1.807) is 6.07 Å². The molecular formula is C21H22F2N4O. The molecule has 0 aliphatic carbocycles. The fraction of sp³-hybridized carbons (Fsp3) is 0.333. The van der Waals surface area contributed by atoms with Gasteiger partial charge in [-0.05, 0) is 49.2 Å². The number of likely N-dealkylation sites (tertiary alicyclic amines) is 1. The zero-order valence-corrected chi connectivity index (χ0v) is 15.4. The highest BCUT2D eigenvalue weighted by Gasteiger charge is 2.22. The van der Waals surface area contributed by atoms with Gasteiger partial charge >= 0.3 is 0 Å². The van der Waals surface area contributed by atoms with Gasteiger partial charge in [0.15, 0.2) is 11.6 Å². The number of rotatable bonds is 6. The first-order valence-electron chi connectivity index (χ1n) is 9.18. The highest BCUT2D eigenvalue weighted by molar-refractivity contribution is 5.76. The number of carbonyl (C=O) groups is 1. The van der Waals surface area contributed by atoms with Crippen molar-refractivity contribution in [1.29, 1.82) is 5.26 Å². The first-order chi connectivity index (χ1) is 13.5. The molecule has 2 aromatic carbocycles. The van der Waals surface area contributed by atoms with Gasteiger partial charge in [-0.15, -0.1) is 0 Å². The van der Waals surface area contributed by atoms with Crippen molar-refractivity contribution in [3.63, 3.8) is 0 Å². The predicted octanol–water partition coefficient (Wildman–Crippen LogP) is 3.15. The average molecular weight is 384 g/mol. The number of anilines is 1. The standard InChI is InChI=1S/C21H22F2N4O/c22-18-9-16(11-24)10-19(23)20(18)26-12-14-1-3-15(4-2-14)13-27-7-5-17(6-8-27)21(25)28/h1-4,9-10,17,26H,5-8,12-13H2,(H2,25,28). The van der Waals surface area contributed by atoms with Crippen molar-refractivity contribution >= 4 is 11.6 Å². The van der Waals surface area contributed by atoms with Crippen LogP contribution in [-0.4, -0.2) is 23.9 Å². The number of carbonyl (C=O) groups excluding carboxylic acids is 1. The normalized spacial score (nSPS) is 15.2. The molecule has 0 radical (unpaired) electrons. The first-order valence-corrected chi connectivity index (χ1v) is 9.18. The number of halogens is 2. The Labute approximate surface area is 162 Å². The number of amides is 1. The maximum absolute atomic E-state index is 13.9. The Morgan fingerprint density at radius 2 is 1.71 bits per heavy atom. The molecule has 7 heteroatoms. The van der Waals surface area contributed by atoms with Crippen LogP contribution in [0, 0.1) is 28.9 Å². The van der Waals surface area contributed by atoms with Crippen LogP contribution in [0.4, 0.5) is 14.5 Å². The molecule has 1 amide bonds. The lowest BCUT2D eigenvalue weighted by Crippen LogP contribution is -2.38. The third-order valence-corrected chi connectivity index (χ3v) is 5.06. The smallest absolute Gasteiger partial charge is 0.220 e. The molecule has 0 bridgehead atoms. The van der Waals surface area contributed by atoms with Crippen LogP contribution < -0.4 is 11.1 Å². The van der Waals surface area contributed by atoms with E-state index in [2.05, 4.69) is 10.2 Å². The van der Waals surface area contributed by atoms with Gasteiger partial charge in [-0.1, -0.05) is 24.3 Å².